The highest BCUT2D eigenvalue weighted by molar-refractivity contribution is 5.66. The number of ether oxygens (including phenoxy) is 2. The number of aromatic nitrogens is 1. The van der Waals surface area contributed by atoms with Gasteiger partial charge in [-0.2, -0.15) is 0 Å². The Balaban J connectivity index is 1.73. The van der Waals surface area contributed by atoms with Crippen LogP contribution in [0.25, 0.3) is 0 Å². The fraction of sp³-hybridized carbons (Fsp3) is 0.579. The van der Waals surface area contributed by atoms with Crippen LogP contribution in [0.3, 0.4) is 0 Å². The third kappa shape index (κ3) is 7.77. The van der Waals surface area contributed by atoms with Gasteiger partial charge >= 0.3 is 5.97 Å². The lowest BCUT2D eigenvalue weighted by Crippen LogP contribution is -2.44. The number of hydrogen-bond donors (Lipinski definition) is 2. The van der Waals surface area contributed by atoms with Gasteiger partial charge in [0.15, 0.2) is 6.29 Å². The second-order valence-corrected chi connectivity index (χ2v) is 6.28. The lowest BCUT2D eigenvalue weighted by molar-refractivity contribution is -0.225. The molecule has 0 radical (unpaired) electrons. The second-order valence-electron chi connectivity index (χ2n) is 6.28. The SMILES string of the molecule is C[C@@H]1OC[C@H](C/C=C\CCCC(=O)O)[C@H](CNCc2ccccn2)O1. The molecular weight excluding hydrogens is 320 g/mol. The highest BCUT2D eigenvalue weighted by atomic mass is 16.7. The minimum atomic E-state index is -0.740. The molecule has 0 aliphatic carbocycles. The van der Waals surface area contributed by atoms with Crippen LogP contribution in [0, 0.1) is 5.92 Å². The predicted molar refractivity (Wildman–Crippen MR) is 95.0 cm³/mol. The Labute approximate surface area is 149 Å². The van der Waals surface area contributed by atoms with E-state index in [9.17, 15) is 4.79 Å². The van der Waals surface area contributed by atoms with E-state index in [-0.39, 0.29) is 18.8 Å². The quantitative estimate of drug-likeness (QED) is 0.500. The number of rotatable bonds is 10. The number of hydrogen-bond acceptors (Lipinski definition) is 5. The lowest BCUT2D eigenvalue weighted by atomic mass is 9.97. The number of carbonyl (C=O) groups is 1. The van der Waals surface area contributed by atoms with Crippen LogP contribution in [0.5, 0.6) is 0 Å². The number of aliphatic carboxylic acids is 1. The van der Waals surface area contributed by atoms with Gasteiger partial charge in [-0.3, -0.25) is 9.78 Å². The molecule has 6 nitrogen and oxygen atoms in total. The van der Waals surface area contributed by atoms with Gasteiger partial charge in [-0.25, -0.2) is 0 Å². The Morgan fingerprint density at radius 3 is 3.08 bits per heavy atom. The maximum absolute atomic E-state index is 10.5. The number of nitrogens with one attached hydrogen (secondary N) is 1. The summed E-state index contributed by atoms with van der Waals surface area (Å²) >= 11 is 0. The minimum absolute atomic E-state index is 0.0936. The third-order valence-electron chi connectivity index (χ3n) is 4.18. The molecule has 3 atom stereocenters. The van der Waals surface area contributed by atoms with E-state index >= 15 is 0 Å². The van der Waals surface area contributed by atoms with Gasteiger partial charge in [-0.1, -0.05) is 18.2 Å². The van der Waals surface area contributed by atoms with Crippen molar-refractivity contribution in [3.05, 3.63) is 42.2 Å². The average molecular weight is 348 g/mol. The van der Waals surface area contributed by atoms with E-state index in [1.807, 2.05) is 25.1 Å². The first kappa shape index (κ1) is 19.6. The Hall–Kier alpha value is -1.76. The largest absolute Gasteiger partial charge is 0.481 e. The van der Waals surface area contributed by atoms with Gasteiger partial charge in [0, 0.05) is 31.6 Å². The Bertz CT molecular complexity index is 535. The van der Waals surface area contributed by atoms with E-state index in [0.29, 0.717) is 25.5 Å². The van der Waals surface area contributed by atoms with E-state index in [1.54, 1.807) is 6.20 Å². The average Bonchev–Trinajstić information content (AvgIpc) is 2.60. The smallest absolute Gasteiger partial charge is 0.303 e. The van der Waals surface area contributed by atoms with E-state index in [4.69, 9.17) is 14.6 Å². The normalized spacial score (nSPS) is 23.8. The van der Waals surface area contributed by atoms with Crippen molar-refractivity contribution in [2.24, 2.45) is 5.92 Å². The van der Waals surface area contributed by atoms with Crippen molar-refractivity contribution in [2.45, 2.75) is 51.5 Å². The summed E-state index contributed by atoms with van der Waals surface area (Å²) < 4.78 is 11.6. The summed E-state index contributed by atoms with van der Waals surface area (Å²) in [4.78, 5) is 14.8. The number of allylic oxidation sites excluding steroid dienone is 2. The Kier molecular flexibility index (Phi) is 8.59. The number of pyridine rings is 1. The van der Waals surface area contributed by atoms with Crippen molar-refractivity contribution in [1.29, 1.82) is 0 Å². The minimum Gasteiger partial charge on any atom is -0.481 e. The number of carboxylic acids is 1. The Morgan fingerprint density at radius 2 is 2.32 bits per heavy atom. The summed E-state index contributed by atoms with van der Waals surface area (Å²) in [5.74, 6) is -0.446. The van der Waals surface area contributed by atoms with E-state index in [2.05, 4.69) is 22.5 Å². The fourth-order valence-corrected chi connectivity index (χ4v) is 2.80. The monoisotopic (exact) mass is 348 g/mol. The maximum atomic E-state index is 10.5. The first-order chi connectivity index (χ1) is 12.1. The molecule has 0 amide bonds. The lowest BCUT2D eigenvalue weighted by Gasteiger charge is -2.35. The van der Waals surface area contributed by atoms with Crippen LogP contribution in [0.1, 0.15) is 38.3 Å². The van der Waals surface area contributed by atoms with E-state index in [1.165, 1.54) is 0 Å². The standard InChI is InChI=1S/C19H28N2O4/c1-15-24-14-16(8-4-2-3-5-10-19(22)23)18(25-15)13-20-12-17-9-6-7-11-21-17/h2,4,6-7,9,11,15-16,18,20H,3,5,8,10,12-14H2,1H3,(H,22,23)/b4-2-/t15-,16+,18+/m1/s1. The number of unbranched alkanes of at least 4 members (excludes halogenated alkanes) is 1. The zero-order valence-corrected chi connectivity index (χ0v) is 14.8. The molecule has 25 heavy (non-hydrogen) atoms. The zero-order valence-electron chi connectivity index (χ0n) is 14.8. The van der Waals surface area contributed by atoms with Crippen molar-refractivity contribution >= 4 is 5.97 Å². The predicted octanol–water partition coefficient (Wildman–Crippen LogP) is 2.75. The molecule has 6 heteroatoms. The second kappa shape index (κ2) is 11.0. The molecule has 2 rings (SSSR count). The first-order valence-corrected chi connectivity index (χ1v) is 8.89. The summed E-state index contributed by atoms with van der Waals surface area (Å²) in [5.41, 5.74) is 1.01. The zero-order chi connectivity index (χ0) is 17.9. The summed E-state index contributed by atoms with van der Waals surface area (Å²) in [6.07, 6.45) is 8.43. The van der Waals surface area contributed by atoms with Gasteiger partial charge in [0.1, 0.15) is 0 Å². The molecule has 0 saturated carbocycles. The van der Waals surface area contributed by atoms with Crippen molar-refractivity contribution in [2.75, 3.05) is 13.2 Å². The van der Waals surface area contributed by atoms with Crippen molar-refractivity contribution in [1.82, 2.24) is 10.3 Å². The molecule has 1 saturated heterocycles. The molecule has 0 spiro atoms. The fourth-order valence-electron chi connectivity index (χ4n) is 2.80. The number of nitrogens with zero attached hydrogens (tertiary/aromatic N) is 1. The summed E-state index contributed by atoms with van der Waals surface area (Å²) in [7, 11) is 0. The summed E-state index contributed by atoms with van der Waals surface area (Å²) in [6, 6.07) is 5.89. The van der Waals surface area contributed by atoms with Gasteiger partial charge in [0.2, 0.25) is 0 Å². The molecule has 0 aromatic carbocycles. The molecule has 1 aliphatic heterocycles. The molecule has 138 valence electrons. The Morgan fingerprint density at radius 1 is 1.44 bits per heavy atom. The molecule has 2 heterocycles. The van der Waals surface area contributed by atoms with Crippen molar-refractivity contribution in [3.63, 3.8) is 0 Å². The topological polar surface area (TPSA) is 80.7 Å². The van der Waals surface area contributed by atoms with Crippen LogP contribution >= 0.6 is 0 Å². The molecule has 0 bridgehead atoms. The molecule has 1 aromatic rings. The van der Waals surface area contributed by atoms with Gasteiger partial charge in [0.05, 0.1) is 18.4 Å². The van der Waals surface area contributed by atoms with Gasteiger partial charge in [-0.05, 0) is 38.3 Å². The summed E-state index contributed by atoms with van der Waals surface area (Å²) in [5, 5.41) is 12.0. The molecule has 2 N–H and O–H groups in total. The van der Waals surface area contributed by atoms with Crippen LogP contribution in [0.4, 0.5) is 0 Å². The van der Waals surface area contributed by atoms with Gasteiger partial charge in [-0.15, -0.1) is 0 Å². The van der Waals surface area contributed by atoms with Crippen LogP contribution in [0.2, 0.25) is 0 Å². The van der Waals surface area contributed by atoms with Crippen LogP contribution in [0.15, 0.2) is 36.5 Å². The van der Waals surface area contributed by atoms with Crippen LogP contribution in [-0.4, -0.2) is 41.6 Å². The van der Waals surface area contributed by atoms with Crippen LogP contribution < -0.4 is 5.32 Å². The molecule has 0 unspecified atom stereocenters. The highest BCUT2D eigenvalue weighted by Gasteiger charge is 2.28. The molecule has 1 fully saturated rings. The van der Waals surface area contributed by atoms with Gasteiger partial charge < -0.3 is 19.9 Å². The van der Waals surface area contributed by atoms with E-state index in [0.717, 1.165) is 25.1 Å². The highest BCUT2D eigenvalue weighted by Crippen LogP contribution is 2.22. The van der Waals surface area contributed by atoms with Crippen molar-refractivity contribution in [3.8, 4) is 0 Å². The molecule has 1 aliphatic rings. The maximum Gasteiger partial charge on any atom is 0.303 e. The first-order valence-electron chi connectivity index (χ1n) is 8.89. The number of carboxylic acid groups (broad SMARTS) is 1. The molecule has 1 aromatic heterocycles. The third-order valence-corrected chi connectivity index (χ3v) is 4.18. The van der Waals surface area contributed by atoms with Gasteiger partial charge in [0.25, 0.3) is 0 Å². The summed E-state index contributed by atoms with van der Waals surface area (Å²) in [6.45, 7) is 4.07. The van der Waals surface area contributed by atoms with E-state index < -0.39 is 5.97 Å². The molecular formula is C19H28N2O4. The van der Waals surface area contributed by atoms with Crippen LogP contribution in [-0.2, 0) is 20.8 Å². The van der Waals surface area contributed by atoms with Crippen molar-refractivity contribution < 1.29 is 19.4 Å².